The first kappa shape index (κ1) is 29.5. The van der Waals surface area contributed by atoms with Crippen molar-refractivity contribution < 1.29 is 23.8 Å². The maximum absolute atomic E-state index is 13.3. The fraction of sp³-hybridized carbons (Fsp3) is 0.692. The second-order valence-electron chi connectivity index (χ2n) is 9.43. The van der Waals surface area contributed by atoms with Crippen molar-refractivity contribution >= 4 is 34.9 Å². The zero-order chi connectivity index (χ0) is 26.2. The Hall–Kier alpha value is -2.05. The topological polar surface area (TPSA) is 137 Å². The molecule has 2 heterocycles. The Morgan fingerprint density at radius 1 is 1.11 bits per heavy atom. The predicted molar refractivity (Wildman–Crippen MR) is 146 cm³/mol. The average Bonchev–Trinajstić information content (AvgIpc) is 3.42. The van der Waals surface area contributed by atoms with Gasteiger partial charge in [0.15, 0.2) is 5.17 Å². The van der Waals surface area contributed by atoms with Gasteiger partial charge in [0, 0.05) is 30.8 Å². The van der Waals surface area contributed by atoms with E-state index in [0.717, 1.165) is 60.9 Å². The number of nitrogens with zero attached hydrogens (tertiary/aromatic N) is 2. The molecule has 0 spiro atoms. The molecule has 1 saturated carbocycles. The molecule has 3 rings (SSSR count). The van der Waals surface area contributed by atoms with E-state index in [-0.39, 0.29) is 11.9 Å². The van der Waals surface area contributed by atoms with Gasteiger partial charge in [-0.15, -0.1) is 0 Å². The van der Waals surface area contributed by atoms with Gasteiger partial charge in [0.1, 0.15) is 12.1 Å². The van der Waals surface area contributed by atoms with E-state index in [4.69, 9.17) is 24.9 Å². The smallest absolute Gasteiger partial charge is 0.226 e. The summed E-state index contributed by atoms with van der Waals surface area (Å²) in [6, 6.07) is 5.70. The number of nitrogens with one attached hydrogen (secondary N) is 2. The van der Waals surface area contributed by atoms with Gasteiger partial charge in [-0.25, -0.2) is 4.98 Å². The number of aldehydes is 1. The molecule has 1 aromatic heterocycles. The van der Waals surface area contributed by atoms with Crippen molar-refractivity contribution in [2.45, 2.75) is 51.0 Å². The van der Waals surface area contributed by atoms with E-state index in [1.807, 2.05) is 18.2 Å². The Balaban J connectivity index is 1.36. The number of anilines is 1. The monoisotopic (exact) mass is 535 g/mol. The normalized spacial score (nSPS) is 17.7. The Morgan fingerprint density at radius 3 is 2.65 bits per heavy atom. The minimum absolute atomic E-state index is 0.0866. The Kier molecular flexibility index (Phi) is 13.3. The van der Waals surface area contributed by atoms with Crippen LogP contribution in [0.5, 0.6) is 0 Å². The molecule has 2 aliphatic rings. The summed E-state index contributed by atoms with van der Waals surface area (Å²) < 4.78 is 16.4. The van der Waals surface area contributed by atoms with E-state index in [0.29, 0.717) is 59.0 Å². The third-order valence-electron chi connectivity index (χ3n) is 6.39. The predicted octanol–water partition coefficient (Wildman–Crippen LogP) is 2.17. The average molecular weight is 536 g/mol. The maximum Gasteiger partial charge on any atom is 0.226 e. The van der Waals surface area contributed by atoms with Crippen LogP contribution in [0, 0.1) is 5.41 Å². The van der Waals surface area contributed by atoms with Crippen molar-refractivity contribution in [2.75, 3.05) is 63.8 Å². The van der Waals surface area contributed by atoms with Gasteiger partial charge in [-0.05, 0) is 25.0 Å². The van der Waals surface area contributed by atoms with E-state index >= 15 is 0 Å². The molecule has 1 aliphatic heterocycles. The minimum Gasteiger partial charge on any atom is -0.379 e. The van der Waals surface area contributed by atoms with Crippen molar-refractivity contribution in [3.8, 4) is 0 Å². The number of rotatable bonds is 17. The number of hydrogen-bond donors (Lipinski definition) is 3. The second kappa shape index (κ2) is 16.7. The molecule has 1 atom stereocenters. The molecule has 0 bridgehead atoms. The number of carbonyl (C=O) groups is 2. The highest BCUT2D eigenvalue weighted by molar-refractivity contribution is 8.14. The number of aromatic nitrogens is 1. The lowest BCUT2D eigenvalue weighted by atomic mass is 9.70. The van der Waals surface area contributed by atoms with Crippen LogP contribution in [0.3, 0.4) is 0 Å². The van der Waals surface area contributed by atoms with Gasteiger partial charge in [-0.3, -0.25) is 9.79 Å². The molecule has 11 heteroatoms. The van der Waals surface area contributed by atoms with Crippen LogP contribution in [0.2, 0.25) is 0 Å². The summed E-state index contributed by atoms with van der Waals surface area (Å²) >= 11 is 1.70. The van der Waals surface area contributed by atoms with Crippen molar-refractivity contribution in [3.63, 3.8) is 0 Å². The quantitative estimate of drug-likeness (QED) is 0.202. The lowest BCUT2D eigenvalue weighted by molar-refractivity contribution is -0.133. The van der Waals surface area contributed by atoms with Gasteiger partial charge in [0.2, 0.25) is 5.91 Å². The van der Waals surface area contributed by atoms with Crippen LogP contribution in [-0.2, 0) is 30.2 Å². The van der Waals surface area contributed by atoms with Gasteiger partial charge in [0.05, 0.1) is 57.6 Å². The lowest BCUT2D eigenvalue weighted by Gasteiger charge is -2.35. The fourth-order valence-electron chi connectivity index (χ4n) is 4.52. The van der Waals surface area contributed by atoms with Gasteiger partial charge < -0.3 is 35.4 Å². The van der Waals surface area contributed by atoms with Crippen molar-refractivity contribution in [1.29, 1.82) is 0 Å². The fourth-order valence-corrected chi connectivity index (χ4v) is 5.26. The second-order valence-corrected chi connectivity index (χ2v) is 10.5. The van der Waals surface area contributed by atoms with Crippen LogP contribution in [-0.4, -0.2) is 86.9 Å². The molecule has 0 radical (unpaired) electrons. The number of nitrogens with two attached hydrogens (primary N) is 1. The van der Waals surface area contributed by atoms with E-state index in [2.05, 4.69) is 15.6 Å². The summed E-state index contributed by atoms with van der Waals surface area (Å²) in [4.78, 5) is 32.8. The van der Waals surface area contributed by atoms with Gasteiger partial charge in [0.25, 0.3) is 0 Å². The molecule has 1 aliphatic carbocycles. The van der Waals surface area contributed by atoms with E-state index in [9.17, 15) is 9.59 Å². The lowest BCUT2D eigenvalue weighted by Crippen LogP contribution is -2.45. The van der Waals surface area contributed by atoms with E-state index in [1.54, 1.807) is 11.8 Å². The molecular weight excluding hydrogens is 494 g/mol. The number of carbonyl (C=O) groups excluding carboxylic acids is 2. The van der Waals surface area contributed by atoms with Gasteiger partial charge >= 0.3 is 0 Å². The SMILES string of the molecule is NC(COCCC=O)COCCOCCNC(=O)C1(Cc2cccc(NC3=NCCS3)n2)CCCCC1. The molecule has 1 amide bonds. The molecule has 37 heavy (non-hydrogen) atoms. The first-order valence-electron chi connectivity index (χ1n) is 13.2. The molecule has 0 aromatic carbocycles. The van der Waals surface area contributed by atoms with Crippen LogP contribution < -0.4 is 16.4 Å². The Labute approximate surface area is 223 Å². The Morgan fingerprint density at radius 2 is 1.89 bits per heavy atom. The van der Waals surface area contributed by atoms with Crippen LogP contribution in [0.25, 0.3) is 0 Å². The highest BCUT2D eigenvalue weighted by Gasteiger charge is 2.39. The van der Waals surface area contributed by atoms with Crippen LogP contribution in [0.4, 0.5) is 5.82 Å². The first-order valence-corrected chi connectivity index (χ1v) is 14.2. The van der Waals surface area contributed by atoms with Crippen LogP contribution >= 0.6 is 11.8 Å². The summed E-state index contributed by atoms with van der Waals surface area (Å²) in [5, 5.41) is 7.30. The number of thioether (sulfide) groups is 1. The minimum atomic E-state index is -0.434. The molecule has 1 fully saturated rings. The summed E-state index contributed by atoms with van der Waals surface area (Å²) in [6.07, 6.45) is 6.83. The highest BCUT2D eigenvalue weighted by Crippen LogP contribution is 2.39. The summed E-state index contributed by atoms with van der Waals surface area (Å²) in [7, 11) is 0. The summed E-state index contributed by atoms with van der Waals surface area (Å²) in [5.41, 5.74) is 6.38. The molecule has 0 saturated heterocycles. The zero-order valence-corrected chi connectivity index (χ0v) is 22.4. The number of pyridine rings is 1. The number of hydrogen-bond acceptors (Lipinski definition) is 10. The third kappa shape index (κ3) is 10.7. The largest absolute Gasteiger partial charge is 0.379 e. The van der Waals surface area contributed by atoms with Crippen LogP contribution in [0.1, 0.15) is 44.2 Å². The molecule has 10 nitrogen and oxygen atoms in total. The standard InChI is InChI=1S/C26H41N5O5S/c27-21(19-35-13-5-12-32)20-36-16-15-34-14-10-28-24(33)26(8-2-1-3-9-26)18-22-6-4-7-23(30-22)31-25-29-11-17-37-25/h4,6-7,12,21H,1-3,5,8-11,13-20,27H2,(H,28,33)(H,29,30,31). The van der Waals surface area contributed by atoms with Gasteiger partial charge in [-0.2, -0.15) is 0 Å². The molecular formula is C26H41N5O5S. The van der Waals surface area contributed by atoms with E-state index < -0.39 is 5.41 Å². The van der Waals surface area contributed by atoms with Crippen molar-refractivity contribution in [2.24, 2.45) is 16.1 Å². The Bertz CT molecular complexity index is 866. The third-order valence-corrected chi connectivity index (χ3v) is 7.28. The van der Waals surface area contributed by atoms with Gasteiger partial charge in [-0.1, -0.05) is 37.1 Å². The van der Waals surface area contributed by atoms with Crippen molar-refractivity contribution in [3.05, 3.63) is 23.9 Å². The summed E-state index contributed by atoms with van der Waals surface area (Å²) in [5.74, 6) is 1.86. The summed E-state index contributed by atoms with van der Waals surface area (Å²) in [6.45, 7) is 3.64. The van der Waals surface area contributed by atoms with E-state index in [1.165, 1.54) is 6.42 Å². The molecule has 206 valence electrons. The zero-order valence-electron chi connectivity index (χ0n) is 21.6. The highest BCUT2D eigenvalue weighted by atomic mass is 32.2. The first-order chi connectivity index (χ1) is 18.1. The number of aliphatic imine (C=N–C) groups is 1. The maximum atomic E-state index is 13.3. The van der Waals surface area contributed by atoms with Crippen LogP contribution in [0.15, 0.2) is 23.2 Å². The molecule has 1 aromatic rings. The number of amides is 1. The molecule has 1 unspecified atom stereocenters. The van der Waals surface area contributed by atoms with Crippen molar-refractivity contribution in [1.82, 2.24) is 10.3 Å². The number of ether oxygens (including phenoxy) is 3. The number of amidine groups is 1. The molecule has 4 N–H and O–H groups in total.